The van der Waals surface area contributed by atoms with Gasteiger partial charge in [-0.15, -0.1) is 13.2 Å². The van der Waals surface area contributed by atoms with E-state index in [0.29, 0.717) is 11.6 Å². The number of anilines is 1. The van der Waals surface area contributed by atoms with Crippen molar-refractivity contribution < 1.29 is 17.9 Å². The summed E-state index contributed by atoms with van der Waals surface area (Å²) >= 11 is 8.24. The van der Waals surface area contributed by atoms with Crippen LogP contribution < -0.4 is 10.1 Å². The van der Waals surface area contributed by atoms with Crippen LogP contribution in [0.25, 0.3) is 0 Å². The first-order chi connectivity index (χ1) is 9.83. The lowest BCUT2D eigenvalue weighted by molar-refractivity contribution is -0.274. The van der Waals surface area contributed by atoms with Crippen molar-refractivity contribution >= 4 is 39.9 Å². The normalized spacial score (nSPS) is 11.3. The molecule has 2 aromatic carbocycles. The van der Waals surface area contributed by atoms with E-state index in [-0.39, 0.29) is 5.75 Å². The van der Waals surface area contributed by atoms with Crippen LogP contribution in [0.5, 0.6) is 5.75 Å². The molecule has 0 fully saturated rings. The number of rotatable bonds is 4. The predicted molar refractivity (Wildman–Crippen MR) is 84.6 cm³/mol. The summed E-state index contributed by atoms with van der Waals surface area (Å²) < 4.78 is 40.9. The minimum atomic E-state index is -4.67. The molecule has 0 heterocycles. The first-order valence-corrected chi connectivity index (χ1v) is 7.33. The summed E-state index contributed by atoms with van der Waals surface area (Å²) in [5.74, 6) is -0.237. The highest BCUT2D eigenvalue weighted by atomic mass is 127. The minimum absolute atomic E-state index is 0.237. The van der Waals surface area contributed by atoms with Crippen LogP contribution in [0.2, 0.25) is 5.02 Å². The fraction of sp³-hybridized carbons (Fsp3) is 0.143. The lowest BCUT2D eigenvalue weighted by Gasteiger charge is -2.11. The number of hydrogen-bond donors (Lipinski definition) is 1. The molecule has 0 amide bonds. The molecule has 112 valence electrons. The highest BCUT2D eigenvalue weighted by molar-refractivity contribution is 14.1. The van der Waals surface area contributed by atoms with Crippen LogP contribution in [-0.2, 0) is 6.54 Å². The Morgan fingerprint density at radius 2 is 1.76 bits per heavy atom. The van der Waals surface area contributed by atoms with Gasteiger partial charge in [0.2, 0.25) is 0 Å². The van der Waals surface area contributed by atoms with Crippen LogP contribution in [0.4, 0.5) is 18.9 Å². The van der Waals surface area contributed by atoms with Gasteiger partial charge in [-0.3, -0.25) is 0 Å². The van der Waals surface area contributed by atoms with Gasteiger partial charge in [-0.2, -0.15) is 0 Å². The van der Waals surface area contributed by atoms with Crippen molar-refractivity contribution in [1.29, 1.82) is 0 Å². The van der Waals surface area contributed by atoms with E-state index in [1.807, 2.05) is 18.2 Å². The van der Waals surface area contributed by atoms with Crippen LogP contribution >= 0.6 is 34.2 Å². The van der Waals surface area contributed by atoms with E-state index < -0.39 is 6.36 Å². The largest absolute Gasteiger partial charge is 0.573 e. The Kier molecular flexibility index (Phi) is 5.21. The average Bonchev–Trinajstić information content (AvgIpc) is 2.38. The highest BCUT2D eigenvalue weighted by Crippen LogP contribution is 2.25. The van der Waals surface area contributed by atoms with Gasteiger partial charge in [-0.05, 0) is 58.5 Å². The second-order valence-corrected chi connectivity index (χ2v) is 5.82. The quantitative estimate of drug-likeness (QED) is 0.655. The Hall–Kier alpha value is -1.15. The maximum absolute atomic E-state index is 12.0. The summed E-state index contributed by atoms with van der Waals surface area (Å²) in [7, 11) is 0. The van der Waals surface area contributed by atoms with E-state index in [9.17, 15) is 13.2 Å². The molecule has 0 atom stereocenters. The molecule has 1 N–H and O–H groups in total. The standard InChI is InChI=1S/C14H10ClF3INO/c15-12-7-10(19)3-6-13(12)20-8-9-1-4-11(5-2-9)21-14(16,17)18/h1-7,20H,8H2. The highest BCUT2D eigenvalue weighted by Gasteiger charge is 2.30. The molecule has 0 saturated carbocycles. The molecule has 0 bridgehead atoms. The number of alkyl halides is 3. The lowest BCUT2D eigenvalue weighted by Crippen LogP contribution is -2.17. The molecule has 7 heteroatoms. The number of hydrogen-bond acceptors (Lipinski definition) is 2. The van der Waals surface area contributed by atoms with E-state index in [2.05, 4.69) is 32.6 Å². The fourth-order valence-electron chi connectivity index (χ4n) is 1.64. The van der Waals surface area contributed by atoms with E-state index in [1.165, 1.54) is 12.1 Å². The molecule has 0 spiro atoms. The van der Waals surface area contributed by atoms with Crippen molar-refractivity contribution in [3.05, 3.63) is 56.6 Å². The summed E-state index contributed by atoms with van der Waals surface area (Å²) in [4.78, 5) is 0. The molecular formula is C14H10ClF3INO. The first kappa shape index (κ1) is 16.2. The Morgan fingerprint density at radius 3 is 2.33 bits per heavy atom. The van der Waals surface area contributed by atoms with Gasteiger partial charge in [0.15, 0.2) is 0 Å². The van der Waals surface area contributed by atoms with Crippen molar-refractivity contribution in [3.63, 3.8) is 0 Å². The zero-order valence-corrected chi connectivity index (χ0v) is 13.5. The van der Waals surface area contributed by atoms with Crippen LogP contribution in [0.3, 0.4) is 0 Å². The van der Waals surface area contributed by atoms with Gasteiger partial charge in [0.1, 0.15) is 5.75 Å². The summed E-state index contributed by atoms with van der Waals surface area (Å²) in [5, 5.41) is 3.72. The van der Waals surface area contributed by atoms with Gasteiger partial charge in [0, 0.05) is 10.1 Å². The van der Waals surface area contributed by atoms with Crippen LogP contribution in [-0.4, -0.2) is 6.36 Å². The summed E-state index contributed by atoms with van der Waals surface area (Å²) in [5.41, 5.74) is 1.59. The van der Waals surface area contributed by atoms with E-state index >= 15 is 0 Å². The van der Waals surface area contributed by atoms with Crippen molar-refractivity contribution in [3.8, 4) is 5.75 Å². The van der Waals surface area contributed by atoms with E-state index in [1.54, 1.807) is 12.1 Å². The summed E-state index contributed by atoms with van der Waals surface area (Å²) in [6.45, 7) is 0.451. The van der Waals surface area contributed by atoms with Gasteiger partial charge < -0.3 is 10.1 Å². The monoisotopic (exact) mass is 427 g/mol. The van der Waals surface area contributed by atoms with Crippen LogP contribution in [0, 0.1) is 3.57 Å². The maximum Gasteiger partial charge on any atom is 0.573 e. The van der Waals surface area contributed by atoms with Gasteiger partial charge in [-0.25, -0.2) is 0 Å². The SMILES string of the molecule is FC(F)(F)Oc1ccc(CNc2ccc(I)cc2Cl)cc1. The number of halogens is 5. The molecular weight excluding hydrogens is 418 g/mol. The second-order valence-electron chi connectivity index (χ2n) is 4.17. The predicted octanol–water partition coefficient (Wildman–Crippen LogP) is 5.46. The Labute approximate surface area is 138 Å². The van der Waals surface area contributed by atoms with Gasteiger partial charge in [0.25, 0.3) is 0 Å². The molecule has 2 aromatic rings. The zero-order chi connectivity index (χ0) is 15.5. The van der Waals surface area contributed by atoms with E-state index in [0.717, 1.165) is 14.8 Å². The first-order valence-electron chi connectivity index (χ1n) is 5.87. The van der Waals surface area contributed by atoms with Crippen molar-refractivity contribution in [2.24, 2.45) is 0 Å². The number of ether oxygens (including phenoxy) is 1. The number of nitrogens with one attached hydrogen (secondary N) is 1. The van der Waals surface area contributed by atoms with Gasteiger partial charge in [-0.1, -0.05) is 23.7 Å². The molecule has 0 saturated heterocycles. The smallest absolute Gasteiger partial charge is 0.406 e. The fourth-order valence-corrected chi connectivity index (χ4v) is 2.56. The third-order valence-electron chi connectivity index (χ3n) is 2.57. The van der Waals surface area contributed by atoms with Crippen LogP contribution in [0.15, 0.2) is 42.5 Å². The zero-order valence-electron chi connectivity index (χ0n) is 10.5. The van der Waals surface area contributed by atoms with Crippen molar-refractivity contribution in [1.82, 2.24) is 0 Å². The van der Waals surface area contributed by atoms with Gasteiger partial charge in [0.05, 0.1) is 10.7 Å². The molecule has 21 heavy (non-hydrogen) atoms. The molecule has 0 unspecified atom stereocenters. The second kappa shape index (κ2) is 6.74. The Balaban J connectivity index is 1.97. The molecule has 2 nitrogen and oxygen atoms in total. The third kappa shape index (κ3) is 5.28. The topological polar surface area (TPSA) is 21.3 Å². The molecule has 2 rings (SSSR count). The summed E-state index contributed by atoms with van der Waals surface area (Å²) in [6, 6.07) is 11.3. The van der Waals surface area contributed by atoms with E-state index in [4.69, 9.17) is 11.6 Å². The number of benzene rings is 2. The third-order valence-corrected chi connectivity index (χ3v) is 3.55. The lowest BCUT2D eigenvalue weighted by atomic mass is 10.2. The Bertz CT molecular complexity index is 617. The van der Waals surface area contributed by atoms with Crippen molar-refractivity contribution in [2.45, 2.75) is 12.9 Å². The van der Waals surface area contributed by atoms with Crippen molar-refractivity contribution in [2.75, 3.05) is 5.32 Å². The molecule has 0 aliphatic carbocycles. The average molecular weight is 428 g/mol. The van der Waals surface area contributed by atoms with Crippen LogP contribution in [0.1, 0.15) is 5.56 Å². The maximum atomic E-state index is 12.0. The minimum Gasteiger partial charge on any atom is -0.406 e. The summed E-state index contributed by atoms with van der Waals surface area (Å²) in [6.07, 6.45) is -4.67. The molecule has 0 aliphatic rings. The molecule has 0 aromatic heterocycles. The molecule has 0 radical (unpaired) electrons. The molecule has 0 aliphatic heterocycles. The Morgan fingerprint density at radius 1 is 1.10 bits per heavy atom. The van der Waals surface area contributed by atoms with Gasteiger partial charge >= 0.3 is 6.36 Å².